The van der Waals surface area contributed by atoms with Gasteiger partial charge in [0.15, 0.2) is 6.10 Å². The summed E-state index contributed by atoms with van der Waals surface area (Å²) < 4.78 is 5.26. The van der Waals surface area contributed by atoms with Gasteiger partial charge in [-0.15, -0.1) is 0 Å². The molecule has 1 unspecified atom stereocenters. The van der Waals surface area contributed by atoms with Gasteiger partial charge in [-0.3, -0.25) is 9.59 Å². The Hall–Kier alpha value is -3.08. The average Bonchev–Trinajstić information content (AvgIpc) is 3.03. The van der Waals surface area contributed by atoms with Crippen LogP contribution in [0.15, 0.2) is 60.8 Å². The lowest BCUT2D eigenvalue weighted by Gasteiger charge is -2.13. The molecule has 0 bridgehead atoms. The maximum Gasteiger partial charge on any atom is 0.311 e. The molecule has 1 aromatic heterocycles. The van der Waals surface area contributed by atoms with Crippen molar-refractivity contribution in [2.45, 2.75) is 26.0 Å². The molecule has 0 spiro atoms. The summed E-state index contributed by atoms with van der Waals surface area (Å²) in [5.41, 5.74) is 2.82. The van der Waals surface area contributed by atoms with Crippen LogP contribution in [0, 0.1) is 0 Å². The fourth-order valence-electron chi connectivity index (χ4n) is 2.65. The minimum atomic E-state index is -0.832. The number of esters is 1. The summed E-state index contributed by atoms with van der Waals surface area (Å²) in [5.74, 6) is -0.733. The van der Waals surface area contributed by atoms with E-state index in [-0.39, 0.29) is 12.3 Å². The van der Waals surface area contributed by atoms with E-state index < -0.39 is 12.1 Å². The van der Waals surface area contributed by atoms with Crippen molar-refractivity contribution in [1.29, 1.82) is 0 Å². The van der Waals surface area contributed by atoms with Crippen LogP contribution in [0.3, 0.4) is 0 Å². The first kappa shape index (κ1) is 16.8. The minimum Gasteiger partial charge on any atom is -0.452 e. The van der Waals surface area contributed by atoms with E-state index in [0.717, 1.165) is 22.0 Å². The first-order valence-electron chi connectivity index (χ1n) is 8.19. The number of rotatable bonds is 6. The van der Waals surface area contributed by atoms with Crippen molar-refractivity contribution in [1.82, 2.24) is 10.3 Å². The molecule has 1 heterocycles. The number of amides is 1. The Bertz CT molecular complexity index is 871. The highest BCUT2D eigenvalue weighted by atomic mass is 16.5. The Morgan fingerprint density at radius 3 is 2.60 bits per heavy atom. The standard InChI is InChI=1S/C20H20N2O3/c1-14(20(24)22-12-15-7-3-2-4-8-15)25-19(23)11-16-13-21-18-10-6-5-9-17(16)18/h2-10,13-14,21H,11-12H2,1H3,(H,22,24). The predicted molar refractivity (Wildman–Crippen MR) is 95.8 cm³/mol. The highest BCUT2D eigenvalue weighted by molar-refractivity contribution is 5.88. The van der Waals surface area contributed by atoms with Gasteiger partial charge in [0, 0.05) is 23.6 Å². The second-order valence-electron chi connectivity index (χ2n) is 5.87. The molecule has 5 nitrogen and oxygen atoms in total. The summed E-state index contributed by atoms with van der Waals surface area (Å²) in [6.07, 6.45) is 1.09. The molecule has 2 N–H and O–H groups in total. The molecular weight excluding hydrogens is 316 g/mol. The second kappa shape index (κ2) is 7.66. The third-order valence-corrected chi connectivity index (χ3v) is 4.00. The molecule has 2 aromatic carbocycles. The molecule has 1 atom stereocenters. The Balaban J connectivity index is 1.52. The molecule has 0 aliphatic rings. The van der Waals surface area contributed by atoms with E-state index in [1.54, 1.807) is 13.1 Å². The van der Waals surface area contributed by atoms with E-state index >= 15 is 0 Å². The van der Waals surface area contributed by atoms with Gasteiger partial charge in [0.1, 0.15) is 0 Å². The average molecular weight is 336 g/mol. The number of hydrogen-bond donors (Lipinski definition) is 2. The van der Waals surface area contributed by atoms with E-state index in [9.17, 15) is 9.59 Å². The molecule has 25 heavy (non-hydrogen) atoms. The van der Waals surface area contributed by atoms with Crippen LogP contribution >= 0.6 is 0 Å². The van der Waals surface area contributed by atoms with Crippen molar-refractivity contribution in [3.05, 3.63) is 71.9 Å². The van der Waals surface area contributed by atoms with Crippen molar-refractivity contribution < 1.29 is 14.3 Å². The number of fused-ring (bicyclic) bond motifs is 1. The van der Waals surface area contributed by atoms with Crippen LogP contribution in [-0.4, -0.2) is 23.0 Å². The number of ether oxygens (including phenoxy) is 1. The lowest BCUT2D eigenvalue weighted by atomic mass is 10.1. The van der Waals surface area contributed by atoms with Crippen molar-refractivity contribution in [2.24, 2.45) is 0 Å². The van der Waals surface area contributed by atoms with Gasteiger partial charge < -0.3 is 15.0 Å². The fourth-order valence-corrected chi connectivity index (χ4v) is 2.65. The summed E-state index contributed by atoms with van der Waals surface area (Å²) in [6.45, 7) is 1.98. The lowest BCUT2D eigenvalue weighted by Crippen LogP contribution is -2.35. The number of carbonyl (C=O) groups excluding carboxylic acids is 2. The summed E-state index contributed by atoms with van der Waals surface area (Å²) in [6, 6.07) is 17.3. The first-order chi connectivity index (χ1) is 12.1. The number of hydrogen-bond acceptors (Lipinski definition) is 3. The van der Waals surface area contributed by atoms with Gasteiger partial charge in [0.2, 0.25) is 0 Å². The number of para-hydroxylation sites is 1. The second-order valence-corrected chi connectivity index (χ2v) is 5.87. The summed E-state index contributed by atoms with van der Waals surface area (Å²) in [7, 11) is 0. The summed E-state index contributed by atoms with van der Waals surface area (Å²) >= 11 is 0. The number of carbonyl (C=O) groups is 2. The maximum absolute atomic E-state index is 12.1. The van der Waals surface area contributed by atoms with Crippen LogP contribution in [0.2, 0.25) is 0 Å². The maximum atomic E-state index is 12.1. The zero-order valence-electron chi connectivity index (χ0n) is 14.0. The molecule has 1 amide bonds. The molecule has 0 aliphatic heterocycles. The highest BCUT2D eigenvalue weighted by Crippen LogP contribution is 2.18. The van der Waals surface area contributed by atoms with Gasteiger partial charge in [-0.05, 0) is 24.1 Å². The fraction of sp³-hybridized carbons (Fsp3) is 0.200. The van der Waals surface area contributed by atoms with Crippen LogP contribution in [0.25, 0.3) is 10.9 Å². The lowest BCUT2D eigenvalue weighted by molar-refractivity contribution is -0.154. The van der Waals surface area contributed by atoms with Gasteiger partial charge in [-0.2, -0.15) is 0 Å². The molecular formula is C20H20N2O3. The van der Waals surface area contributed by atoms with Crippen molar-refractivity contribution in [2.75, 3.05) is 0 Å². The molecule has 0 aliphatic carbocycles. The SMILES string of the molecule is CC(OC(=O)Cc1c[nH]c2ccccc12)C(=O)NCc1ccccc1. The van der Waals surface area contributed by atoms with E-state index in [4.69, 9.17) is 4.74 Å². The number of aromatic nitrogens is 1. The molecule has 0 saturated carbocycles. The number of H-pyrrole nitrogens is 1. The molecule has 3 rings (SSSR count). The Morgan fingerprint density at radius 2 is 1.80 bits per heavy atom. The Kier molecular flexibility index (Phi) is 5.14. The van der Waals surface area contributed by atoms with Crippen molar-refractivity contribution >= 4 is 22.8 Å². The quantitative estimate of drug-likeness (QED) is 0.680. The largest absolute Gasteiger partial charge is 0.452 e. The zero-order valence-corrected chi connectivity index (χ0v) is 14.0. The topological polar surface area (TPSA) is 71.2 Å². The van der Waals surface area contributed by atoms with Crippen LogP contribution in [0.5, 0.6) is 0 Å². The monoisotopic (exact) mass is 336 g/mol. The zero-order chi connectivity index (χ0) is 17.6. The van der Waals surface area contributed by atoms with Gasteiger partial charge >= 0.3 is 5.97 Å². The molecule has 3 aromatic rings. The van der Waals surface area contributed by atoms with E-state index in [1.807, 2.05) is 54.6 Å². The van der Waals surface area contributed by atoms with Crippen molar-refractivity contribution in [3.8, 4) is 0 Å². The molecule has 128 valence electrons. The number of nitrogens with one attached hydrogen (secondary N) is 2. The van der Waals surface area contributed by atoms with Crippen molar-refractivity contribution in [3.63, 3.8) is 0 Å². The smallest absolute Gasteiger partial charge is 0.311 e. The highest BCUT2D eigenvalue weighted by Gasteiger charge is 2.18. The third-order valence-electron chi connectivity index (χ3n) is 4.00. The van der Waals surface area contributed by atoms with Crippen LogP contribution in [0.4, 0.5) is 0 Å². The normalized spacial score (nSPS) is 11.9. The molecule has 0 saturated heterocycles. The number of aromatic amines is 1. The van der Waals surface area contributed by atoms with Gasteiger partial charge in [0.05, 0.1) is 6.42 Å². The van der Waals surface area contributed by atoms with Crippen LogP contribution in [-0.2, 0) is 27.3 Å². The first-order valence-corrected chi connectivity index (χ1v) is 8.19. The Labute approximate surface area is 146 Å². The number of benzene rings is 2. The van der Waals surface area contributed by atoms with E-state index in [1.165, 1.54) is 0 Å². The Morgan fingerprint density at radius 1 is 1.08 bits per heavy atom. The van der Waals surface area contributed by atoms with Gasteiger partial charge in [-0.25, -0.2) is 0 Å². The van der Waals surface area contributed by atoms with E-state index in [2.05, 4.69) is 10.3 Å². The van der Waals surface area contributed by atoms with E-state index in [0.29, 0.717) is 6.54 Å². The third kappa shape index (κ3) is 4.26. The van der Waals surface area contributed by atoms with Crippen LogP contribution in [0.1, 0.15) is 18.1 Å². The summed E-state index contributed by atoms with van der Waals surface area (Å²) in [4.78, 5) is 27.3. The minimum absolute atomic E-state index is 0.125. The molecule has 0 radical (unpaired) electrons. The van der Waals surface area contributed by atoms with Gasteiger partial charge in [0.25, 0.3) is 5.91 Å². The van der Waals surface area contributed by atoms with Crippen LogP contribution < -0.4 is 5.32 Å². The predicted octanol–water partition coefficient (Wildman–Crippen LogP) is 2.96. The van der Waals surface area contributed by atoms with Gasteiger partial charge in [-0.1, -0.05) is 48.5 Å². The summed E-state index contributed by atoms with van der Waals surface area (Å²) in [5, 5.41) is 3.76. The molecule has 0 fully saturated rings. The molecule has 5 heteroatoms.